The number of hydrogen-bond donors (Lipinski definition) is 1. The van der Waals surface area contributed by atoms with Gasteiger partial charge in [0.05, 0.1) is 13.7 Å². The monoisotopic (exact) mass is 423 g/mol. The third kappa shape index (κ3) is 5.30. The predicted molar refractivity (Wildman–Crippen MR) is 114 cm³/mol. The van der Waals surface area contributed by atoms with E-state index in [0.29, 0.717) is 23.5 Å². The number of carbonyl (C=O) groups is 2. The Morgan fingerprint density at radius 1 is 1.10 bits per heavy atom. The van der Waals surface area contributed by atoms with E-state index >= 15 is 0 Å². The maximum Gasteiger partial charge on any atom is 0.349 e. The van der Waals surface area contributed by atoms with Crippen LogP contribution in [0.4, 0.5) is 0 Å². The number of carbonyl (C=O) groups excluding carboxylic acids is 2. The van der Waals surface area contributed by atoms with E-state index < -0.39 is 17.5 Å². The van der Waals surface area contributed by atoms with Crippen molar-refractivity contribution in [2.24, 2.45) is 5.73 Å². The number of esters is 1. The second kappa shape index (κ2) is 9.62. The maximum atomic E-state index is 12.2. The zero-order chi connectivity index (χ0) is 22.4. The van der Waals surface area contributed by atoms with E-state index in [2.05, 4.69) is 0 Å². The van der Waals surface area contributed by atoms with Gasteiger partial charge >= 0.3 is 11.6 Å². The Morgan fingerprint density at radius 2 is 1.90 bits per heavy atom. The number of rotatable bonds is 8. The number of benzene rings is 2. The first kappa shape index (κ1) is 21.6. The van der Waals surface area contributed by atoms with Gasteiger partial charge in [-0.2, -0.15) is 0 Å². The molecule has 1 amide bonds. The zero-order valence-electron chi connectivity index (χ0n) is 17.0. The lowest BCUT2D eigenvalue weighted by molar-refractivity contribution is -0.128. The third-order valence-corrected chi connectivity index (χ3v) is 4.25. The summed E-state index contributed by atoms with van der Waals surface area (Å²) in [6, 6.07) is 11.1. The molecule has 1 heterocycles. The molecule has 0 fully saturated rings. The normalized spacial score (nSPS) is 10.9. The van der Waals surface area contributed by atoms with Crippen LogP contribution in [0.3, 0.4) is 0 Å². The Balaban J connectivity index is 1.73. The Morgan fingerprint density at radius 3 is 2.61 bits per heavy atom. The van der Waals surface area contributed by atoms with E-state index in [9.17, 15) is 14.4 Å². The first-order valence-electron chi connectivity index (χ1n) is 9.49. The molecule has 0 unspecified atom stereocenters. The minimum atomic E-state index is -0.877. The molecule has 3 rings (SSSR count). The number of methoxy groups -OCH3 is 1. The second-order valence-corrected chi connectivity index (χ2v) is 6.52. The quantitative estimate of drug-likeness (QED) is 0.256. The predicted octanol–water partition coefficient (Wildman–Crippen LogP) is 3.31. The molecule has 8 heteroatoms. The van der Waals surface area contributed by atoms with Crippen molar-refractivity contribution in [3.05, 3.63) is 70.1 Å². The number of primary amides is 1. The number of ether oxygens (including phenoxy) is 3. The van der Waals surface area contributed by atoms with Gasteiger partial charge in [-0.1, -0.05) is 13.0 Å². The van der Waals surface area contributed by atoms with Gasteiger partial charge < -0.3 is 24.4 Å². The van der Waals surface area contributed by atoms with Gasteiger partial charge in [0.1, 0.15) is 16.9 Å². The van der Waals surface area contributed by atoms with Crippen LogP contribution < -0.4 is 25.6 Å². The van der Waals surface area contributed by atoms with E-state index in [4.69, 9.17) is 24.4 Å². The van der Waals surface area contributed by atoms with Crippen molar-refractivity contribution >= 4 is 28.9 Å². The van der Waals surface area contributed by atoms with Gasteiger partial charge in [-0.05, 0) is 48.4 Å². The van der Waals surface area contributed by atoms with Gasteiger partial charge in [0, 0.05) is 17.5 Å². The molecule has 31 heavy (non-hydrogen) atoms. The summed E-state index contributed by atoms with van der Waals surface area (Å²) in [7, 11) is 1.54. The van der Waals surface area contributed by atoms with Crippen molar-refractivity contribution in [1.82, 2.24) is 0 Å². The number of amides is 1. The lowest BCUT2D eigenvalue weighted by Gasteiger charge is -2.10. The van der Waals surface area contributed by atoms with E-state index in [1.807, 2.05) is 6.92 Å². The molecule has 2 N–H and O–H groups in total. The molecule has 0 saturated heterocycles. The molecule has 0 saturated carbocycles. The summed E-state index contributed by atoms with van der Waals surface area (Å²) in [5.41, 5.74) is 4.92. The molecular weight excluding hydrogens is 402 g/mol. The highest BCUT2D eigenvalue weighted by molar-refractivity contribution is 5.95. The van der Waals surface area contributed by atoms with Gasteiger partial charge in [0.15, 0.2) is 11.5 Å². The highest BCUT2D eigenvalue weighted by atomic mass is 16.5. The van der Waals surface area contributed by atoms with Gasteiger partial charge in [0.2, 0.25) is 0 Å². The Bertz CT molecular complexity index is 1210. The molecule has 0 aliphatic carbocycles. The fraction of sp³-hybridized carbons (Fsp3) is 0.174. The molecule has 2 aromatic carbocycles. The summed E-state index contributed by atoms with van der Waals surface area (Å²) in [6.45, 7) is 2.59. The van der Waals surface area contributed by atoms with Crippen LogP contribution in [0.1, 0.15) is 29.3 Å². The summed E-state index contributed by atoms with van der Waals surface area (Å²) in [5, 5.41) is 0.473. The highest BCUT2D eigenvalue weighted by Crippen LogP contribution is 2.28. The van der Waals surface area contributed by atoms with Gasteiger partial charge in [-0.25, -0.2) is 9.59 Å². The third-order valence-electron chi connectivity index (χ3n) is 4.25. The van der Waals surface area contributed by atoms with Crippen LogP contribution in [0, 0.1) is 0 Å². The van der Waals surface area contributed by atoms with Gasteiger partial charge in [-0.15, -0.1) is 0 Å². The summed E-state index contributed by atoms with van der Waals surface area (Å²) in [6.07, 6.45) is 3.72. The average Bonchev–Trinajstić information content (AvgIpc) is 2.75. The lowest BCUT2D eigenvalue weighted by Crippen LogP contribution is -2.20. The van der Waals surface area contributed by atoms with Crippen LogP contribution >= 0.6 is 0 Å². The first-order chi connectivity index (χ1) is 14.9. The van der Waals surface area contributed by atoms with Crippen LogP contribution in [-0.2, 0) is 4.79 Å². The molecule has 3 aromatic rings. The molecule has 0 atom stereocenters. The number of fused-ring (bicyclic) bond motifs is 1. The van der Waals surface area contributed by atoms with Crippen molar-refractivity contribution in [2.45, 2.75) is 13.3 Å². The Labute approximate surface area is 177 Å². The second-order valence-electron chi connectivity index (χ2n) is 6.52. The molecule has 160 valence electrons. The highest BCUT2D eigenvalue weighted by Gasteiger charge is 2.12. The molecule has 0 aliphatic heterocycles. The van der Waals surface area contributed by atoms with Crippen LogP contribution in [0.5, 0.6) is 17.2 Å². The zero-order valence-corrected chi connectivity index (χ0v) is 17.0. The van der Waals surface area contributed by atoms with E-state index in [1.165, 1.54) is 24.3 Å². The van der Waals surface area contributed by atoms with Crippen LogP contribution in [0.25, 0.3) is 17.0 Å². The number of nitrogens with two attached hydrogens (primary N) is 1. The molecule has 1 aromatic heterocycles. The standard InChI is InChI=1S/C23H21NO7/c1-3-10-29-18-8-4-14(11-20(18)28-2)5-9-21(25)30-16-7-6-15-12-17(22(24)26)23(27)31-19(15)13-16/h4-9,11-13H,3,10H2,1-2H3,(H2,24,26)/b9-5+. The van der Waals surface area contributed by atoms with Crippen molar-refractivity contribution < 1.29 is 28.2 Å². The van der Waals surface area contributed by atoms with Crippen molar-refractivity contribution in [3.63, 3.8) is 0 Å². The Kier molecular flexibility index (Phi) is 6.71. The first-order valence-corrected chi connectivity index (χ1v) is 9.49. The number of hydrogen-bond acceptors (Lipinski definition) is 7. The van der Waals surface area contributed by atoms with Gasteiger partial charge in [-0.3, -0.25) is 4.79 Å². The fourth-order valence-corrected chi connectivity index (χ4v) is 2.76. The van der Waals surface area contributed by atoms with Crippen molar-refractivity contribution in [3.8, 4) is 17.2 Å². The Hall–Kier alpha value is -4.07. The molecule has 0 radical (unpaired) electrons. The summed E-state index contributed by atoms with van der Waals surface area (Å²) < 4.78 is 21.3. The van der Waals surface area contributed by atoms with E-state index in [-0.39, 0.29) is 16.9 Å². The van der Waals surface area contributed by atoms with Gasteiger partial charge in [0.25, 0.3) is 5.91 Å². The SMILES string of the molecule is CCCOc1ccc(/C=C/C(=O)Oc2ccc3cc(C(N)=O)c(=O)oc3c2)cc1OC. The molecule has 0 aliphatic rings. The minimum Gasteiger partial charge on any atom is -0.493 e. The maximum absolute atomic E-state index is 12.2. The fourth-order valence-electron chi connectivity index (χ4n) is 2.76. The topological polar surface area (TPSA) is 118 Å². The minimum absolute atomic E-state index is 0.164. The molecular formula is C23H21NO7. The van der Waals surface area contributed by atoms with Crippen LogP contribution in [0.15, 0.2) is 57.8 Å². The molecule has 0 bridgehead atoms. The molecule has 8 nitrogen and oxygen atoms in total. The lowest BCUT2D eigenvalue weighted by atomic mass is 10.1. The van der Waals surface area contributed by atoms with Crippen LogP contribution in [-0.4, -0.2) is 25.6 Å². The summed E-state index contributed by atoms with van der Waals surface area (Å²) >= 11 is 0. The summed E-state index contributed by atoms with van der Waals surface area (Å²) in [4.78, 5) is 35.2. The van der Waals surface area contributed by atoms with E-state index in [0.717, 1.165) is 12.0 Å². The average molecular weight is 423 g/mol. The van der Waals surface area contributed by atoms with Crippen molar-refractivity contribution in [2.75, 3.05) is 13.7 Å². The molecule has 0 spiro atoms. The smallest absolute Gasteiger partial charge is 0.349 e. The largest absolute Gasteiger partial charge is 0.493 e. The summed E-state index contributed by atoms with van der Waals surface area (Å²) in [5.74, 6) is -0.137. The van der Waals surface area contributed by atoms with Crippen molar-refractivity contribution in [1.29, 1.82) is 0 Å². The van der Waals surface area contributed by atoms with E-state index in [1.54, 1.807) is 37.5 Å². The van der Waals surface area contributed by atoms with Crippen LogP contribution in [0.2, 0.25) is 0 Å².